The largest absolute Gasteiger partial charge is 0.377 e. The quantitative estimate of drug-likeness (QED) is 0.830. The van der Waals surface area contributed by atoms with Gasteiger partial charge in [0.15, 0.2) is 0 Å². The molecule has 2 nitrogen and oxygen atoms in total. The standard InChI is InChI=1S/C15H14BrFN2/c1-9-6-12(8-18-15(9)16)19-14-5-2-10-7-11(17)3-4-13(10)14/h3-4,6-8,14,19H,2,5H2,1H3. The van der Waals surface area contributed by atoms with Crippen molar-refractivity contribution < 1.29 is 4.39 Å². The lowest BCUT2D eigenvalue weighted by molar-refractivity contribution is 0.626. The molecule has 0 fully saturated rings. The zero-order chi connectivity index (χ0) is 13.4. The number of anilines is 1. The fourth-order valence-electron chi connectivity index (χ4n) is 2.57. The van der Waals surface area contributed by atoms with Crippen LogP contribution in [0.1, 0.15) is 29.2 Å². The summed E-state index contributed by atoms with van der Waals surface area (Å²) in [6.07, 6.45) is 3.74. The van der Waals surface area contributed by atoms with Gasteiger partial charge in [0.1, 0.15) is 10.4 Å². The molecule has 1 aromatic carbocycles. The summed E-state index contributed by atoms with van der Waals surface area (Å²) in [4.78, 5) is 4.28. The van der Waals surface area contributed by atoms with Crippen molar-refractivity contribution in [2.75, 3.05) is 5.32 Å². The average Bonchev–Trinajstić information content (AvgIpc) is 2.76. The van der Waals surface area contributed by atoms with Gasteiger partial charge in [-0.3, -0.25) is 0 Å². The molecule has 0 spiro atoms. The summed E-state index contributed by atoms with van der Waals surface area (Å²) in [5, 5.41) is 3.48. The van der Waals surface area contributed by atoms with Crippen molar-refractivity contribution in [3.05, 3.63) is 57.6 Å². The van der Waals surface area contributed by atoms with Crippen molar-refractivity contribution in [3.63, 3.8) is 0 Å². The lowest BCUT2D eigenvalue weighted by Gasteiger charge is -2.16. The summed E-state index contributed by atoms with van der Waals surface area (Å²) in [7, 11) is 0. The minimum Gasteiger partial charge on any atom is -0.377 e. The number of fused-ring (bicyclic) bond motifs is 1. The Morgan fingerprint density at radius 2 is 2.21 bits per heavy atom. The zero-order valence-corrected chi connectivity index (χ0v) is 12.2. The van der Waals surface area contributed by atoms with Crippen LogP contribution >= 0.6 is 15.9 Å². The van der Waals surface area contributed by atoms with E-state index in [0.29, 0.717) is 0 Å². The van der Waals surface area contributed by atoms with E-state index in [4.69, 9.17) is 0 Å². The Morgan fingerprint density at radius 1 is 1.37 bits per heavy atom. The van der Waals surface area contributed by atoms with Gasteiger partial charge in [-0.15, -0.1) is 0 Å². The van der Waals surface area contributed by atoms with Crippen LogP contribution in [0, 0.1) is 12.7 Å². The van der Waals surface area contributed by atoms with Crippen LogP contribution < -0.4 is 5.32 Å². The minimum absolute atomic E-state index is 0.152. The molecular weight excluding hydrogens is 307 g/mol. The van der Waals surface area contributed by atoms with Crippen LogP contribution in [0.3, 0.4) is 0 Å². The second kappa shape index (κ2) is 4.93. The highest BCUT2D eigenvalue weighted by atomic mass is 79.9. The number of nitrogens with zero attached hydrogens (tertiary/aromatic N) is 1. The first-order valence-electron chi connectivity index (χ1n) is 6.30. The molecule has 0 amide bonds. The molecule has 3 rings (SSSR count). The average molecular weight is 321 g/mol. The van der Waals surface area contributed by atoms with Gasteiger partial charge < -0.3 is 5.32 Å². The van der Waals surface area contributed by atoms with Crippen LogP contribution in [0.4, 0.5) is 10.1 Å². The highest BCUT2D eigenvalue weighted by molar-refractivity contribution is 9.10. The molecule has 1 unspecified atom stereocenters. The van der Waals surface area contributed by atoms with E-state index in [9.17, 15) is 4.39 Å². The second-order valence-electron chi connectivity index (χ2n) is 4.91. The number of aromatic nitrogens is 1. The van der Waals surface area contributed by atoms with Gasteiger partial charge in [-0.05, 0) is 70.6 Å². The molecule has 1 N–H and O–H groups in total. The molecule has 19 heavy (non-hydrogen) atoms. The topological polar surface area (TPSA) is 24.9 Å². The van der Waals surface area contributed by atoms with E-state index >= 15 is 0 Å². The maximum absolute atomic E-state index is 13.2. The van der Waals surface area contributed by atoms with Gasteiger partial charge in [-0.2, -0.15) is 0 Å². The Kier molecular flexibility index (Phi) is 3.27. The number of aryl methyl sites for hydroxylation is 2. The van der Waals surface area contributed by atoms with Crippen LogP contribution in [-0.4, -0.2) is 4.98 Å². The van der Waals surface area contributed by atoms with Crippen LogP contribution in [0.25, 0.3) is 0 Å². The normalized spacial score (nSPS) is 17.3. The molecule has 98 valence electrons. The van der Waals surface area contributed by atoms with E-state index in [1.165, 1.54) is 11.6 Å². The zero-order valence-electron chi connectivity index (χ0n) is 10.6. The third-order valence-electron chi connectivity index (χ3n) is 3.54. The molecule has 2 aromatic rings. The third-order valence-corrected chi connectivity index (χ3v) is 4.37. The summed E-state index contributed by atoms with van der Waals surface area (Å²) in [5.74, 6) is -0.152. The lowest BCUT2D eigenvalue weighted by Crippen LogP contribution is -2.07. The van der Waals surface area contributed by atoms with Gasteiger partial charge in [0, 0.05) is 0 Å². The molecule has 1 aliphatic rings. The molecular formula is C15H14BrFN2. The number of halogens is 2. The molecule has 0 saturated carbocycles. The summed E-state index contributed by atoms with van der Waals surface area (Å²) in [6, 6.07) is 7.37. The summed E-state index contributed by atoms with van der Waals surface area (Å²) in [6.45, 7) is 2.01. The van der Waals surface area contributed by atoms with Gasteiger partial charge in [0.2, 0.25) is 0 Å². The predicted molar refractivity (Wildman–Crippen MR) is 77.8 cm³/mol. The Bertz CT molecular complexity index is 628. The molecule has 0 radical (unpaired) electrons. The molecule has 0 aliphatic heterocycles. The summed E-state index contributed by atoms with van der Waals surface area (Å²) < 4.78 is 14.0. The number of hydrogen-bond acceptors (Lipinski definition) is 2. The molecule has 0 saturated heterocycles. The first-order chi connectivity index (χ1) is 9.13. The van der Waals surface area contributed by atoms with E-state index in [0.717, 1.165) is 34.3 Å². The minimum atomic E-state index is -0.152. The molecule has 1 aromatic heterocycles. The van der Waals surface area contributed by atoms with Crippen LogP contribution in [0.15, 0.2) is 35.1 Å². The van der Waals surface area contributed by atoms with Gasteiger partial charge >= 0.3 is 0 Å². The van der Waals surface area contributed by atoms with Crippen molar-refractivity contribution in [1.82, 2.24) is 4.98 Å². The van der Waals surface area contributed by atoms with E-state index in [1.54, 1.807) is 6.07 Å². The maximum Gasteiger partial charge on any atom is 0.123 e. The fraction of sp³-hybridized carbons (Fsp3) is 0.267. The van der Waals surface area contributed by atoms with Gasteiger partial charge in [0.25, 0.3) is 0 Å². The number of pyridine rings is 1. The smallest absolute Gasteiger partial charge is 0.123 e. The number of benzene rings is 1. The molecule has 1 atom stereocenters. The van der Waals surface area contributed by atoms with Gasteiger partial charge in [0.05, 0.1) is 17.9 Å². The highest BCUT2D eigenvalue weighted by Crippen LogP contribution is 2.34. The Labute approximate surface area is 120 Å². The summed E-state index contributed by atoms with van der Waals surface area (Å²) >= 11 is 3.40. The van der Waals surface area contributed by atoms with Crippen LogP contribution in [0.2, 0.25) is 0 Å². The predicted octanol–water partition coefficient (Wildman–Crippen LogP) is 4.39. The second-order valence-corrected chi connectivity index (χ2v) is 5.66. The van der Waals surface area contributed by atoms with Crippen molar-refractivity contribution in [1.29, 1.82) is 0 Å². The number of rotatable bonds is 2. The van der Waals surface area contributed by atoms with Crippen molar-refractivity contribution in [3.8, 4) is 0 Å². The highest BCUT2D eigenvalue weighted by Gasteiger charge is 2.22. The van der Waals surface area contributed by atoms with E-state index < -0.39 is 0 Å². The first kappa shape index (κ1) is 12.6. The van der Waals surface area contributed by atoms with E-state index in [1.807, 2.05) is 19.2 Å². The maximum atomic E-state index is 13.2. The lowest BCUT2D eigenvalue weighted by atomic mass is 10.1. The fourth-order valence-corrected chi connectivity index (χ4v) is 2.79. The van der Waals surface area contributed by atoms with Crippen molar-refractivity contribution in [2.45, 2.75) is 25.8 Å². The SMILES string of the molecule is Cc1cc(NC2CCc3cc(F)ccc32)cnc1Br. The van der Waals surface area contributed by atoms with E-state index in [-0.39, 0.29) is 11.9 Å². The van der Waals surface area contributed by atoms with Crippen LogP contribution in [-0.2, 0) is 6.42 Å². The van der Waals surface area contributed by atoms with E-state index in [2.05, 4.69) is 32.3 Å². The first-order valence-corrected chi connectivity index (χ1v) is 7.10. The van der Waals surface area contributed by atoms with Gasteiger partial charge in [-0.25, -0.2) is 9.37 Å². The molecule has 4 heteroatoms. The monoisotopic (exact) mass is 320 g/mol. The third kappa shape index (κ3) is 2.50. The molecule has 1 aliphatic carbocycles. The van der Waals surface area contributed by atoms with Crippen molar-refractivity contribution >= 4 is 21.6 Å². The number of hydrogen-bond donors (Lipinski definition) is 1. The number of nitrogens with one attached hydrogen (secondary N) is 1. The van der Waals surface area contributed by atoms with Crippen molar-refractivity contribution in [2.24, 2.45) is 0 Å². The Morgan fingerprint density at radius 3 is 3.00 bits per heavy atom. The van der Waals surface area contributed by atoms with Crippen LogP contribution in [0.5, 0.6) is 0 Å². The molecule has 1 heterocycles. The Balaban J connectivity index is 1.84. The van der Waals surface area contributed by atoms with Gasteiger partial charge in [-0.1, -0.05) is 6.07 Å². The Hall–Kier alpha value is -1.42. The summed E-state index contributed by atoms with van der Waals surface area (Å²) in [5.41, 5.74) is 4.41. The molecule has 0 bridgehead atoms.